The van der Waals surface area contributed by atoms with Gasteiger partial charge in [0.1, 0.15) is 30.2 Å². The Morgan fingerprint density at radius 3 is 2.68 bits per heavy atom. The number of imidazole rings is 1. The molecule has 0 spiro atoms. The summed E-state index contributed by atoms with van der Waals surface area (Å²) in [5.74, 6) is -2.03. The average molecular weight is 460 g/mol. The molecule has 1 aliphatic heterocycles. The van der Waals surface area contributed by atoms with E-state index in [9.17, 15) is 28.2 Å². The first kappa shape index (κ1) is 22.7. The summed E-state index contributed by atoms with van der Waals surface area (Å²) in [4.78, 5) is 34.3. The topological polar surface area (TPSA) is 261 Å². The Balaban J connectivity index is 1.66. The molecule has 1 fully saturated rings. The van der Waals surface area contributed by atoms with Gasteiger partial charge >= 0.3 is 10.3 Å². The highest BCUT2D eigenvalue weighted by Gasteiger charge is 2.45. The van der Waals surface area contributed by atoms with Crippen molar-refractivity contribution in [2.45, 2.75) is 37.0 Å². The number of nitrogens with zero attached hydrogens (tertiary/aromatic N) is 4. The molecule has 17 heteroatoms. The van der Waals surface area contributed by atoms with Crippen LogP contribution in [0.2, 0.25) is 0 Å². The van der Waals surface area contributed by atoms with Gasteiger partial charge in [0.05, 0.1) is 25.4 Å². The van der Waals surface area contributed by atoms with Gasteiger partial charge in [-0.25, -0.2) is 19.7 Å². The Labute approximate surface area is 174 Å². The number of nitrogens with one attached hydrogen (secondary N) is 1. The fraction of sp³-hybridized carbons (Fsp3) is 0.500. The lowest BCUT2D eigenvalue weighted by Crippen LogP contribution is -2.46. The maximum absolute atomic E-state index is 11.9. The van der Waals surface area contributed by atoms with Crippen LogP contribution in [0.4, 0.5) is 5.82 Å². The Hall–Kier alpha value is -2.96. The van der Waals surface area contributed by atoms with Crippen molar-refractivity contribution in [3.63, 3.8) is 0 Å². The van der Waals surface area contributed by atoms with Gasteiger partial charge in [-0.2, -0.15) is 8.42 Å². The summed E-state index contributed by atoms with van der Waals surface area (Å²) in [7, 11) is -4.66. The second kappa shape index (κ2) is 8.65. The summed E-state index contributed by atoms with van der Waals surface area (Å²) in [6.07, 6.45) is -3.68. The van der Waals surface area contributed by atoms with Gasteiger partial charge in [0.15, 0.2) is 17.7 Å². The third-order valence-electron chi connectivity index (χ3n) is 4.37. The SMILES string of the molecule is NC(=O)C[C@H](N)C(=O)NS(=O)(=O)OC[C@H]1O[C@@H](n2cnc3c(N)ncnc32)[C@H](O)[C@@H]1O. The van der Waals surface area contributed by atoms with Crippen molar-refractivity contribution < 1.29 is 37.1 Å². The quantitative estimate of drug-likeness (QED) is 0.217. The van der Waals surface area contributed by atoms with Gasteiger partial charge in [0, 0.05) is 0 Å². The Morgan fingerprint density at radius 1 is 1.29 bits per heavy atom. The number of ether oxygens (including phenoxy) is 1. The third-order valence-corrected chi connectivity index (χ3v) is 5.27. The molecule has 0 aliphatic carbocycles. The van der Waals surface area contributed by atoms with E-state index in [2.05, 4.69) is 19.1 Å². The molecule has 0 radical (unpaired) electrons. The highest BCUT2D eigenvalue weighted by Crippen LogP contribution is 2.32. The summed E-state index contributed by atoms with van der Waals surface area (Å²) in [6.45, 7) is -0.758. The number of carbonyl (C=O) groups excluding carboxylic acids is 2. The van der Waals surface area contributed by atoms with Crippen molar-refractivity contribution in [2.24, 2.45) is 11.5 Å². The Morgan fingerprint density at radius 2 is 2.00 bits per heavy atom. The van der Waals surface area contributed by atoms with Crippen LogP contribution in [0.3, 0.4) is 0 Å². The van der Waals surface area contributed by atoms with Crippen LogP contribution >= 0.6 is 0 Å². The molecule has 9 N–H and O–H groups in total. The van der Waals surface area contributed by atoms with E-state index in [1.807, 2.05) is 0 Å². The van der Waals surface area contributed by atoms with E-state index >= 15 is 0 Å². The van der Waals surface area contributed by atoms with Crippen LogP contribution in [0.5, 0.6) is 0 Å². The van der Waals surface area contributed by atoms with E-state index in [-0.39, 0.29) is 17.0 Å². The molecule has 3 rings (SSSR count). The standard InChI is InChI=1S/C14H20N8O8S/c15-5(1-7(16)23)13(26)21-31(27,28)29-2-6-9(24)10(25)14(30-6)22-4-20-8-11(17)18-3-19-12(8)22/h3-6,9-10,14,24-25H,1-2,15H2,(H2,16,23)(H,21,26)(H2,17,18,19)/t5-,6+,9+,10+,14+/m0/s1. The number of aromatic nitrogens is 4. The Bertz CT molecular complexity index is 1090. The minimum Gasteiger partial charge on any atom is -0.387 e. The minimum absolute atomic E-state index is 0.0908. The maximum atomic E-state index is 11.9. The van der Waals surface area contributed by atoms with Gasteiger partial charge in [-0.05, 0) is 0 Å². The molecule has 0 saturated carbocycles. The van der Waals surface area contributed by atoms with Gasteiger partial charge in [0.2, 0.25) is 5.91 Å². The minimum atomic E-state index is -4.66. The molecule has 5 atom stereocenters. The molecule has 16 nitrogen and oxygen atoms in total. The van der Waals surface area contributed by atoms with Gasteiger partial charge < -0.3 is 32.2 Å². The smallest absolute Gasteiger partial charge is 0.362 e. The first-order valence-corrected chi connectivity index (χ1v) is 10.1. The normalized spacial score (nSPS) is 24.9. The number of aliphatic hydroxyl groups is 2. The second-order valence-electron chi connectivity index (χ2n) is 6.61. The van der Waals surface area contributed by atoms with Crippen LogP contribution < -0.4 is 21.9 Å². The molecule has 2 amide bonds. The molecule has 2 aromatic heterocycles. The van der Waals surface area contributed by atoms with Crippen LogP contribution in [0, 0.1) is 0 Å². The largest absolute Gasteiger partial charge is 0.387 e. The monoisotopic (exact) mass is 460 g/mol. The van der Waals surface area contributed by atoms with E-state index < -0.39 is 65.7 Å². The van der Waals surface area contributed by atoms with Crippen LogP contribution in [0.15, 0.2) is 12.7 Å². The van der Waals surface area contributed by atoms with Crippen molar-refractivity contribution in [3.05, 3.63) is 12.7 Å². The van der Waals surface area contributed by atoms with Gasteiger partial charge in [-0.1, -0.05) is 0 Å². The van der Waals surface area contributed by atoms with Crippen LogP contribution in [-0.2, 0) is 28.8 Å². The lowest BCUT2D eigenvalue weighted by molar-refractivity contribution is -0.125. The fourth-order valence-corrected chi connectivity index (χ4v) is 3.62. The van der Waals surface area contributed by atoms with E-state index in [0.717, 1.165) is 0 Å². The number of primary amides is 1. The number of anilines is 1. The van der Waals surface area contributed by atoms with Crippen LogP contribution in [0.25, 0.3) is 11.2 Å². The zero-order chi connectivity index (χ0) is 22.9. The predicted octanol–water partition coefficient (Wildman–Crippen LogP) is -4.39. The van der Waals surface area contributed by atoms with Crippen molar-refractivity contribution >= 4 is 39.1 Å². The maximum Gasteiger partial charge on any atom is 0.362 e. The third kappa shape index (κ3) is 4.86. The van der Waals surface area contributed by atoms with Crippen LogP contribution in [0.1, 0.15) is 12.6 Å². The summed E-state index contributed by atoms with van der Waals surface area (Å²) in [6, 6.07) is -1.50. The molecule has 0 unspecified atom stereocenters. The lowest BCUT2D eigenvalue weighted by Gasteiger charge is -2.16. The number of hydrogen-bond donors (Lipinski definition) is 6. The van der Waals surface area contributed by atoms with Crippen LogP contribution in [-0.4, -0.2) is 80.9 Å². The molecule has 3 heterocycles. The summed E-state index contributed by atoms with van der Waals surface area (Å²) < 4.78 is 36.8. The first-order chi connectivity index (χ1) is 14.5. The fourth-order valence-electron chi connectivity index (χ4n) is 2.85. The number of nitrogens with two attached hydrogens (primary N) is 3. The first-order valence-electron chi connectivity index (χ1n) is 8.69. The zero-order valence-corrected chi connectivity index (χ0v) is 16.5. The van der Waals surface area contributed by atoms with E-state index in [1.54, 1.807) is 0 Å². The second-order valence-corrected chi connectivity index (χ2v) is 7.96. The average Bonchev–Trinajstić information content (AvgIpc) is 3.22. The van der Waals surface area contributed by atoms with E-state index in [4.69, 9.17) is 21.9 Å². The predicted molar refractivity (Wildman–Crippen MR) is 100 cm³/mol. The molecule has 0 bridgehead atoms. The highest BCUT2D eigenvalue weighted by molar-refractivity contribution is 7.85. The molecular weight excluding hydrogens is 440 g/mol. The number of aliphatic hydroxyl groups excluding tert-OH is 2. The van der Waals surface area contributed by atoms with Crippen molar-refractivity contribution in [3.8, 4) is 0 Å². The number of carbonyl (C=O) groups is 2. The number of nitrogen functional groups attached to an aromatic ring is 1. The molecule has 2 aromatic rings. The van der Waals surface area contributed by atoms with Gasteiger partial charge in [-0.15, -0.1) is 0 Å². The van der Waals surface area contributed by atoms with Crippen molar-refractivity contribution in [1.82, 2.24) is 24.2 Å². The van der Waals surface area contributed by atoms with Crippen molar-refractivity contribution in [2.75, 3.05) is 12.3 Å². The molecule has 1 aliphatic rings. The zero-order valence-electron chi connectivity index (χ0n) is 15.7. The number of rotatable bonds is 8. The van der Waals surface area contributed by atoms with E-state index in [1.165, 1.54) is 21.9 Å². The molecule has 0 aromatic carbocycles. The molecule has 1 saturated heterocycles. The number of fused-ring (bicyclic) bond motifs is 1. The summed E-state index contributed by atoms with van der Waals surface area (Å²) in [5.41, 5.74) is 16.4. The van der Waals surface area contributed by atoms with Crippen molar-refractivity contribution in [1.29, 1.82) is 0 Å². The van der Waals surface area contributed by atoms with Gasteiger partial charge in [0.25, 0.3) is 5.91 Å². The number of amides is 2. The lowest BCUT2D eigenvalue weighted by atomic mass is 10.1. The molecule has 170 valence electrons. The van der Waals surface area contributed by atoms with E-state index in [0.29, 0.717) is 0 Å². The molecular formula is C14H20N8O8S. The Kier molecular flexibility index (Phi) is 6.34. The molecule has 31 heavy (non-hydrogen) atoms. The summed E-state index contributed by atoms with van der Waals surface area (Å²) in [5, 5.41) is 20.5. The summed E-state index contributed by atoms with van der Waals surface area (Å²) >= 11 is 0. The highest BCUT2D eigenvalue weighted by atomic mass is 32.2. The van der Waals surface area contributed by atoms with Gasteiger partial charge in [-0.3, -0.25) is 18.3 Å². The number of hydrogen-bond acceptors (Lipinski definition) is 13.